The van der Waals surface area contributed by atoms with Gasteiger partial charge in [0.25, 0.3) is 10.0 Å². The predicted molar refractivity (Wildman–Crippen MR) is 120 cm³/mol. The molecular weight excluding hydrogens is 492 g/mol. The van der Waals surface area contributed by atoms with Crippen molar-refractivity contribution in [2.24, 2.45) is 4.40 Å². The molecule has 1 aliphatic heterocycles. The topological polar surface area (TPSA) is 77.0 Å². The van der Waals surface area contributed by atoms with Crippen molar-refractivity contribution in [2.75, 3.05) is 12.4 Å². The van der Waals surface area contributed by atoms with Crippen LogP contribution in [0.15, 0.2) is 74.4 Å². The largest absolute Gasteiger partial charge is 0.493 e. The van der Waals surface area contributed by atoms with Crippen LogP contribution in [0.1, 0.15) is 11.1 Å². The lowest BCUT2D eigenvalue weighted by molar-refractivity contribution is 0.282. The van der Waals surface area contributed by atoms with Gasteiger partial charge in [0.2, 0.25) is 0 Å². The highest BCUT2D eigenvalue weighted by molar-refractivity contribution is 9.10. The molecule has 0 spiro atoms. The molecule has 0 bridgehead atoms. The Morgan fingerprint density at radius 3 is 2.67 bits per heavy atom. The number of fused-ring (bicyclic) bond motifs is 1. The lowest BCUT2D eigenvalue weighted by Crippen LogP contribution is -2.22. The number of anilines is 1. The molecule has 6 nitrogen and oxygen atoms in total. The molecule has 0 amide bonds. The van der Waals surface area contributed by atoms with Crippen LogP contribution in [0.3, 0.4) is 0 Å². The first-order valence-corrected chi connectivity index (χ1v) is 11.4. The molecule has 30 heavy (non-hydrogen) atoms. The van der Waals surface area contributed by atoms with Gasteiger partial charge in [-0.05, 0) is 57.9 Å². The van der Waals surface area contributed by atoms with E-state index < -0.39 is 10.0 Å². The fraction of sp³-hybridized carbons (Fsp3) is 0.0952. The first kappa shape index (κ1) is 20.7. The molecular formula is C21H16BrClN2O4S. The number of methoxy groups -OCH3 is 1. The molecule has 1 aliphatic rings. The smallest absolute Gasteiger partial charge is 0.286 e. The molecule has 154 valence electrons. The summed E-state index contributed by atoms with van der Waals surface area (Å²) in [5.74, 6) is 1.12. The Balaban J connectivity index is 1.67. The van der Waals surface area contributed by atoms with Gasteiger partial charge in [0.1, 0.15) is 11.5 Å². The summed E-state index contributed by atoms with van der Waals surface area (Å²) < 4.78 is 41.0. The maximum Gasteiger partial charge on any atom is 0.286 e. The minimum Gasteiger partial charge on any atom is -0.493 e. The summed E-state index contributed by atoms with van der Waals surface area (Å²) in [5.41, 5.74) is 1.91. The fourth-order valence-corrected chi connectivity index (χ4v) is 4.92. The molecule has 0 aliphatic carbocycles. The first-order valence-electron chi connectivity index (χ1n) is 8.83. The Kier molecular flexibility index (Phi) is 5.73. The van der Waals surface area contributed by atoms with E-state index in [0.29, 0.717) is 32.2 Å². The van der Waals surface area contributed by atoms with E-state index in [1.54, 1.807) is 36.4 Å². The number of para-hydroxylation sites is 1. The van der Waals surface area contributed by atoms with E-state index in [0.717, 1.165) is 5.56 Å². The third kappa shape index (κ3) is 4.16. The van der Waals surface area contributed by atoms with Crippen LogP contribution in [-0.2, 0) is 16.6 Å². The zero-order valence-corrected chi connectivity index (χ0v) is 18.9. The van der Waals surface area contributed by atoms with Crippen LogP contribution in [0.4, 0.5) is 5.69 Å². The number of nitrogens with zero attached hydrogens (tertiary/aromatic N) is 1. The molecule has 0 fully saturated rings. The molecule has 1 N–H and O–H groups in total. The maximum absolute atomic E-state index is 12.5. The Morgan fingerprint density at radius 2 is 1.90 bits per heavy atom. The second-order valence-electron chi connectivity index (χ2n) is 6.44. The van der Waals surface area contributed by atoms with Crippen molar-refractivity contribution in [1.29, 1.82) is 0 Å². The molecule has 3 aromatic carbocycles. The second kappa shape index (κ2) is 8.29. The number of hydrogen-bond donors (Lipinski definition) is 1. The van der Waals surface area contributed by atoms with E-state index in [2.05, 4.69) is 25.6 Å². The van der Waals surface area contributed by atoms with Crippen molar-refractivity contribution in [3.63, 3.8) is 0 Å². The minimum atomic E-state index is -3.81. The van der Waals surface area contributed by atoms with Crippen LogP contribution in [0.5, 0.6) is 11.5 Å². The van der Waals surface area contributed by atoms with Gasteiger partial charge < -0.3 is 14.8 Å². The monoisotopic (exact) mass is 506 g/mol. The quantitative estimate of drug-likeness (QED) is 0.510. The number of nitrogens with one attached hydrogen (secondary N) is 1. The van der Waals surface area contributed by atoms with Crippen LogP contribution >= 0.6 is 27.5 Å². The van der Waals surface area contributed by atoms with Crippen LogP contribution in [0.25, 0.3) is 0 Å². The average molecular weight is 508 g/mol. The summed E-state index contributed by atoms with van der Waals surface area (Å²) in [6, 6.07) is 17.4. The van der Waals surface area contributed by atoms with Crippen LogP contribution in [0, 0.1) is 0 Å². The molecule has 0 radical (unpaired) electrons. The highest BCUT2D eigenvalue weighted by Crippen LogP contribution is 2.38. The van der Waals surface area contributed by atoms with E-state index in [1.165, 1.54) is 13.2 Å². The Labute approximate surface area is 187 Å². The summed E-state index contributed by atoms with van der Waals surface area (Å²) in [6.45, 7) is 0.288. The van der Waals surface area contributed by atoms with Crippen molar-refractivity contribution in [2.45, 2.75) is 11.5 Å². The molecule has 1 heterocycles. The Morgan fingerprint density at radius 1 is 1.10 bits per heavy atom. The van der Waals surface area contributed by atoms with Gasteiger partial charge in [-0.3, -0.25) is 0 Å². The van der Waals surface area contributed by atoms with Crippen LogP contribution < -0.4 is 14.8 Å². The van der Waals surface area contributed by atoms with Gasteiger partial charge in [0.15, 0.2) is 17.3 Å². The van der Waals surface area contributed by atoms with Gasteiger partial charge in [-0.1, -0.05) is 35.9 Å². The zero-order chi connectivity index (χ0) is 21.3. The van der Waals surface area contributed by atoms with Crippen molar-refractivity contribution < 1.29 is 17.9 Å². The SMILES string of the molecule is COc1cc(C2=NS(=O)(=O)c3ccccc3N2)cc(Br)c1OCc1cccc(Cl)c1. The van der Waals surface area contributed by atoms with Gasteiger partial charge in [0, 0.05) is 10.6 Å². The zero-order valence-electron chi connectivity index (χ0n) is 15.7. The Hall–Kier alpha value is -2.55. The molecule has 0 saturated carbocycles. The van der Waals surface area contributed by atoms with E-state index in [1.807, 2.05) is 18.2 Å². The summed E-state index contributed by atoms with van der Waals surface area (Å²) in [4.78, 5) is 0.140. The third-order valence-electron chi connectivity index (χ3n) is 4.40. The molecule has 0 atom stereocenters. The van der Waals surface area contributed by atoms with E-state index in [4.69, 9.17) is 21.1 Å². The van der Waals surface area contributed by atoms with Gasteiger partial charge >= 0.3 is 0 Å². The summed E-state index contributed by atoms with van der Waals surface area (Å²) in [6.07, 6.45) is 0. The molecule has 4 rings (SSSR count). The third-order valence-corrected chi connectivity index (χ3v) is 6.56. The van der Waals surface area contributed by atoms with Crippen molar-refractivity contribution in [3.05, 3.63) is 81.3 Å². The summed E-state index contributed by atoms with van der Waals surface area (Å²) in [5, 5.41) is 3.70. The number of ether oxygens (including phenoxy) is 2. The lowest BCUT2D eigenvalue weighted by Gasteiger charge is -2.20. The van der Waals surface area contributed by atoms with Gasteiger partial charge in [-0.25, -0.2) is 0 Å². The number of rotatable bonds is 5. The van der Waals surface area contributed by atoms with Crippen molar-refractivity contribution in [1.82, 2.24) is 0 Å². The molecule has 3 aromatic rings. The number of hydrogen-bond acceptors (Lipinski definition) is 5. The normalized spacial score (nSPS) is 14.3. The summed E-state index contributed by atoms with van der Waals surface area (Å²) in [7, 11) is -2.29. The van der Waals surface area contributed by atoms with Crippen molar-refractivity contribution >= 4 is 49.1 Å². The summed E-state index contributed by atoms with van der Waals surface area (Å²) >= 11 is 9.51. The first-order chi connectivity index (χ1) is 14.4. The molecule has 0 saturated heterocycles. The molecule has 0 aromatic heterocycles. The Bertz CT molecular complexity index is 1260. The number of sulfonamides is 1. The minimum absolute atomic E-state index is 0.140. The maximum atomic E-state index is 12.5. The number of benzene rings is 3. The lowest BCUT2D eigenvalue weighted by atomic mass is 10.1. The van der Waals surface area contributed by atoms with E-state index in [-0.39, 0.29) is 17.3 Å². The predicted octanol–water partition coefficient (Wildman–Crippen LogP) is 5.25. The number of halogens is 2. The number of amidine groups is 1. The highest BCUT2D eigenvalue weighted by Gasteiger charge is 2.26. The van der Waals surface area contributed by atoms with Crippen LogP contribution in [0.2, 0.25) is 5.02 Å². The molecule has 0 unspecified atom stereocenters. The highest BCUT2D eigenvalue weighted by atomic mass is 79.9. The van der Waals surface area contributed by atoms with Crippen LogP contribution in [-0.4, -0.2) is 21.4 Å². The average Bonchev–Trinajstić information content (AvgIpc) is 2.72. The fourth-order valence-electron chi connectivity index (χ4n) is 3.02. The second-order valence-corrected chi connectivity index (χ2v) is 9.31. The van der Waals surface area contributed by atoms with Gasteiger partial charge in [-0.15, -0.1) is 4.40 Å². The molecule has 9 heteroatoms. The standard InChI is InChI=1S/C21H16BrClN2O4S/c1-28-18-11-14(21-24-17-7-2-3-8-19(17)30(26,27)25-21)10-16(22)20(18)29-12-13-5-4-6-15(23)9-13/h2-11H,12H2,1H3,(H,24,25). The van der Waals surface area contributed by atoms with E-state index in [9.17, 15) is 8.42 Å². The van der Waals surface area contributed by atoms with Gasteiger partial charge in [-0.2, -0.15) is 8.42 Å². The van der Waals surface area contributed by atoms with Gasteiger partial charge in [0.05, 0.1) is 17.3 Å². The van der Waals surface area contributed by atoms with Crippen molar-refractivity contribution in [3.8, 4) is 11.5 Å². The van der Waals surface area contributed by atoms with E-state index >= 15 is 0 Å².